The minimum absolute atomic E-state index is 0.696. The number of piperidine rings is 1. The van der Waals surface area contributed by atoms with Crippen LogP contribution in [0.1, 0.15) is 32.1 Å². The molecule has 0 unspecified atom stereocenters. The van der Waals surface area contributed by atoms with Crippen molar-refractivity contribution in [3.8, 4) is 0 Å². The van der Waals surface area contributed by atoms with Gasteiger partial charge in [0.25, 0.3) is 0 Å². The van der Waals surface area contributed by atoms with Gasteiger partial charge in [0.1, 0.15) is 0 Å². The van der Waals surface area contributed by atoms with Crippen LogP contribution in [-0.2, 0) is 4.74 Å². The van der Waals surface area contributed by atoms with Crippen molar-refractivity contribution < 1.29 is 4.74 Å². The van der Waals surface area contributed by atoms with Gasteiger partial charge in [-0.25, -0.2) is 0 Å². The summed E-state index contributed by atoms with van der Waals surface area (Å²) in [6.45, 7) is 5.59. The van der Waals surface area contributed by atoms with Crippen LogP contribution < -0.4 is 5.32 Å². The Balaban J connectivity index is 1.64. The Bertz CT molecular complexity index is 255. The van der Waals surface area contributed by atoms with Crippen molar-refractivity contribution >= 4 is 0 Å². The zero-order valence-electron chi connectivity index (χ0n) is 11.7. The molecule has 0 radical (unpaired) electrons. The monoisotopic (exact) mass is 252 g/mol. The topological polar surface area (TPSA) is 24.5 Å². The van der Waals surface area contributed by atoms with Crippen molar-refractivity contribution in [2.45, 2.75) is 38.1 Å². The van der Waals surface area contributed by atoms with E-state index in [4.69, 9.17) is 4.74 Å². The SMILES string of the molecule is COCCN1CCC[C@H](NC[C@@H]2CC=CCC2)C1. The molecule has 1 fully saturated rings. The van der Waals surface area contributed by atoms with Gasteiger partial charge in [0.05, 0.1) is 6.61 Å². The third-order valence-corrected chi connectivity index (χ3v) is 4.19. The summed E-state index contributed by atoms with van der Waals surface area (Å²) in [6.07, 6.45) is 11.2. The maximum absolute atomic E-state index is 5.17. The first-order valence-corrected chi connectivity index (χ1v) is 7.48. The third-order valence-electron chi connectivity index (χ3n) is 4.19. The van der Waals surface area contributed by atoms with E-state index in [1.165, 1.54) is 51.7 Å². The van der Waals surface area contributed by atoms with Crippen molar-refractivity contribution in [2.75, 3.05) is 39.9 Å². The zero-order valence-corrected chi connectivity index (χ0v) is 11.7. The molecule has 0 amide bonds. The molecule has 0 aromatic carbocycles. The van der Waals surface area contributed by atoms with E-state index < -0.39 is 0 Å². The molecule has 1 aliphatic carbocycles. The number of likely N-dealkylation sites (tertiary alicyclic amines) is 1. The fourth-order valence-electron chi connectivity index (χ4n) is 3.02. The molecule has 0 spiro atoms. The molecule has 0 aromatic rings. The van der Waals surface area contributed by atoms with Gasteiger partial charge in [-0.1, -0.05) is 12.2 Å². The molecule has 1 aliphatic heterocycles. The average Bonchev–Trinajstić information content (AvgIpc) is 2.44. The van der Waals surface area contributed by atoms with Gasteiger partial charge in [0, 0.05) is 26.2 Å². The summed E-state index contributed by atoms with van der Waals surface area (Å²) in [5.41, 5.74) is 0. The number of ether oxygens (including phenoxy) is 1. The van der Waals surface area contributed by atoms with Gasteiger partial charge in [-0.2, -0.15) is 0 Å². The van der Waals surface area contributed by atoms with Gasteiger partial charge in [0.2, 0.25) is 0 Å². The Hall–Kier alpha value is -0.380. The molecule has 18 heavy (non-hydrogen) atoms. The number of nitrogens with one attached hydrogen (secondary N) is 1. The van der Waals surface area contributed by atoms with E-state index in [0.29, 0.717) is 6.04 Å². The van der Waals surface area contributed by atoms with Gasteiger partial charge in [0.15, 0.2) is 0 Å². The molecule has 104 valence electrons. The fourth-order valence-corrected chi connectivity index (χ4v) is 3.02. The second kappa shape index (κ2) is 7.93. The molecule has 2 atom stereocenters. The molecule has 3 heteroatoms. The minimum Gasteiger partial charge on any atom is -0.383 e. The van der Waals surface area contributed by atoms with Gasteiger partial charge in [-0.05, 0) is 51.1 Å². The highest BCUT2D eigenvalue weighted by Crippen LogP contribution is 2.18. The Labute approximate surface area is 112 Å². The zero-order chi connectivity index (χ0) is 12.6. The van der Waals surface area contributed by atoms with E-state index in [9.17, 15) is 0 Å². The number of hydrogen-bond donors (Lipinski definition) is 1. The van der Waals surface area contributed by atoms with E-state index >= 15 is 0 Å². The number of methoxy groups -OCH3 is 1. The van der Waals surface area contributed by atoms with Crippen molar-refractivity contribution in [2.24, 2.45) is 5.92 Å². The Morgan fingerprint density at radius 1 is 1.33 bits per heavy atom. The fraction of sp³-hybridized carbons (Fsp3) is 0.867. The van der Waals surface area contributed by atoms with E-state index in [0.717, 1.165) is 19.1 Å². The maximum Gasteiger partial charge on any atom is 0.0589 e. The summed E-state index contributed by atoms with van der Waals surface area (Å²) < 4.78 is 5.17. The molecule has 1 saturated heterocycles. The number of allylic oxidation sites excluding steroid dienone is 2. The summed E-state index contributed by atoms with van der Waals surface area (Å²) in [6, 6.07) is 0.696. The van der Waals surface area contributed by atoms with Crippen LogP contribution in [0.15, 0.2) is 12.2 Å². The van der Waals surface area contributed by atoms with Gasteiger partial charge in [-0.3, -0.25) is 4.90 Å². The van der Waals surface area contributed by atoms with Crippen LogP contribution in [0.2, 0.25) is 0 Å². The Morgan fingerprint density at radius 2 is 2.28 bits per heavy atom. The van der Waals surface area contributed by atoms with Crippen molar-refractivity contribution in [1.82, 2.24) is 10.2 Å². The number of hydrogen-bond acceptors (Lipinski definition) is 3. The van der Waals surface area contributed by atoms with Gasteiger partial charge in [-0.15, -0.1) is 0 Å². The van der Waals surface area contributed by atoms with Crippen molar-refractivity contribution in [1.29, 1.82) is 0 Å². The highest BCUT2D eigenvalue weighted by atomic mass is 16.5. The summed E-state index contributed by atoms with van der Waals surface area (Å²) in [4.78, 5) is 2.53. The molecule has 0 saturated carbocycles. The number of rotatable bonds is 6. The average molecular weight is 252 g/mol. The highest BCUT2D eigenvalue weighted by molar-refractivity contribution is 4.91. The summed E-state index contributed by atoms with van der Waals surface area (Å²) in [5.74, 6) is 0.865. The van der Waals surface area contributed by atoms with Crippen LogP contribution in [0, 0.1) is 5.92 Å². The molecule has 2 rings (SSSR count). The van der Waals surface area contributed by atoms with Gasteiger partial charge < -0.3 is 10.1 Å². The molecular formula is C15H28N2O. The standard InChI is InChI=1S/C15H28N2O/c1-18-11-10-17-9-5-8-15(13-17)16-12-14-6-3-2-4-7-14/h2-3,14-16H,4-13H2,1H3/t14-,15+/m1/s1. The normalized spacial score (nSPS) is 29.6. The van der Waals surface area contributed by atoms with Crippen molar-refractivity contribution in [3.63, 3.8) is 0 Å². The van der Waals surface area contributed by atoms with E-state index in [2.05, 4.69) is 22.4 Å². The molecular weight excluding hydrogens is 224 g/mol. The van der Waals surface area contributed by atoms with E-state index in [-0.39, 0.29) is 0 Å². The first-order valence-electron chi connectivity index (χ1n) is 7.48. The number of nitrogens with zero attached hydrogens (tertiary/aromatic N) is 1. The molecule has 2 aliphatic rings. The summed E-state index contributed by atoms with van der Waals surface area (Å²) in [5, 5.41) is 3.78. The van der Waals surface area contributed by atoms with Crippen LogP contribution in [0.4, 0.5) is 0 Å². The third kappa shape index (κ3) is 4.71. The quantitative estimate of drug-likeness (QED) is 0.732. The molecule has 3 nitrogen and oxygen atoms in total. The molecule has 0 bridgehead atoms. The van der Waals surface area contributed by atoms with Crippen LogP contribution in [0.3, 0.4) is 0 Å². The van der Waals surface area contributed by atoms with Crippen molar-refractivity contribution in [3.05, 3.63) is 12.2 Å². The van der Waals surface area contributed by atoms with Crippen LogP contribution in [-0.4, -0.2) is 50.8 Å². The molecule has 0 aromatic heterocycles. The summed E-state index contributed by atoms with van der Waals surface area (Å²) in [7, 11) is 1.79. The van der Waals surface area contributed by atoms with E-state index in [1.807, 2.05) is 0 Å². The molecule has 1 N–H and O–H groups in total. The lowest BCUT2D eigenvalue weighted by Gasteiger charge is -2.34. The second-order valence-corrected chi connectivity index (χ2v) is 5.69. The lowest BCUT2D eigenvalue weighted by Crippen LogP contribution is -2.47. The second-order valence-electron chi connectivity index (χ2n) is 5.69. The van der Waals surface area contributed by atoms with Crippen LogP contribution in [0.25, 0.3) is 0 Å². The summed E-state index contributed by atoms with van der Waals surface area (Å²) >= 11 is 0. The minimum atomic E-state index is 0.696. The van der Waals surface area contributed by atoms with E-state index in [1.54, 1.807) is 7.11 Å². The first kappa shape index (κ1) is 14.0. The molecule has 1 heterocycles. The lowest BCUT2D eigenvalue weighted by molar-refractivity contribution is 0.121. The highest BCUT2D eigenvalue weighted by Gasteiger charge is 2.20. The lowest BCUT2D eigenvalue weighted by atomic mass is 9.94. The maximum atomic E-state index is 5.17. The van der Waals surface area contributed by atoms with Crippen LogP contribution >= 0.6 is 0 Å². The van der Waals surface area contributed by atoms with Crippen LogP contribution in [0.5, 0.6) is 0 Å². The predicted octanol–water partition coefficient (Wildman–Crippen LogP) is 2.04. The van der Waals surface area contributed by atoms with Gasteiger partial charge >= 0.3 is 0 Å². The Morgan fingerprint density at radius 3 is 3.06 bits per heavy atom. The first-order chi connectivity index (χ1) is 8.88. The Kier molecular flexibility index (Phi) is 6.18. The smallest absolute Gasteiger partial charge is 0.0589 e. The predicted molar refractivity (Wildman–Crippen MR) is 75.8 cm³/mol. The largest absolute Gasteiger partial charge is 0.383 e.